The molecule has 2 aromatic carbocycles. The Bertz CT molecular complexity index is 944. The van der Waals surface area contributed by atoms with Crippen molar-refractivity contribution in [1.29, 1.82) is 0 Å². The molecule has 1 N–H and O–H groups in total. The number of rotatable bonds is 6. The van der Waals surface area contributed by atoms with Crippen molar-refractivity contribution in [3.8, 4) is 22.9 Å². The fourth-order valence-electron chi connectivity index (χ4n) is 2.72. The number of methoxy groups -OCH3 is 2. The zero-order valence-corrected chi connectivity index (χ0v) is 15.0. The van der Waals surface area contributed by atoms with Crippen molar-refractivity contribution in [2.24, 2.45) is 0 Å². The second-order valence-corrected chi connectivity index (χ2v) is 5.98. The Labute approximate surface area is 158 Å². The molecular formula is C19H17F3N2O4. The first kappa shape index (κ1) is 19.7. The first-order valence-corrected chi connectivity index (χ1v) is 8.18. The number of benzene rings is 2. The molecule has 0 bridgehead atoms. The SMILES string of the molecule is COc1ccc(-c2noc(C[C@](O)(c3ccccc3)C(F)(F)F)n2)cc1OC. The largest absolute Gasteiger partial charge is 0.493 e. The summed E-state index contributed by atoms with van der Waals surface area (Å²) in [5.74, 6) is 0.593. The number of halogens is 3. The quantitative estimate of drug-likeness (QED) is 0.686. The molecule has 0 saturated carbocycles. The number of nitrogens with zero attached hydrogens (tertiary/aromatic N) is 2. The lowest BCUT2D eigenvalue weighted by atomic mass is 9.89. The van der Waals surface area contributed by atoms with E-state index >= 15 is 0 Å². The molecule has 3 rings (SSSR count). The van der Waals surface area contributed by atoms with Gasteiger partial charge in [0.1, 0.15) is 0 Å². The normalized spacial score (nSPS) is 13.8. The third kappa shape index (κ3) is 3.65. The van der Waals surface area contributed by atoms with Crippen LogP contribution in [0.15, 0.2) is 53.1 Å². The summed E-state index contributed by atoms with van der Waals surface area (Å²) < 4.78 is 56.1. The lowest BCUT2D eigenvalue weighted by molar-refractivity contribution is -0.267. The molecule has 0 amide bonds. The zero-order chi connectivity index (χ0) is 20.4. The van der Waals surface area contributed by atoms with Gasteiger partial charge in [0.15, 0.2) is 17.1 Å². The molecule has 3 aromatic rings. The van der Waals surface area contributed by atoms with E-state index in [1.807, 2.05) is 0 Å². The van der Waals surface area contributed by atoms with Crippen LogP contribution in [-0.4, -0.2) is 35.6 Å². The van der Waals surface area contributed by atoms with Gasteiger partial charge in [0.05, 0.1) is 20.6 Å². The first-order valence-electron chi connectivity index (χ1n) is 8.18. The van der Waals surface area contributed by atoms with Gasteiger partial charge in [-0.25, -0.2) is 0 Å². The fourth-order valence-corrected chi connectivity index (χ4v) is 2.72. The van der Waals surface area contributed by atoms with Crippen LogP contribution < -0.4 is 9.47 Å². The molecule has 1 heterocycles. The van der Waals surface area contributed by atoms with Gasteiger partial charge in [-0.2, -0.15) is 18.2 Å². The molecule has 0 unspecified atom stereocenters. The fraction of sp³-hybridized carbons (Fsp3) is 0.263. The predicted octanol–water partition coefficient (Wildman–Crippen LogP) is 3.75. The van der Waals surface area contributed by atoms with Gasteiger partial charge >= 0.3 is 6.18 Å². The molecule has 28 heavy (non-hydrogen) atoms. The summed E-state index contributed by atoms with van der Waals surface area (Å²) in [5, 5.41) is 14.1. The summed E-state index contributed by atoms with van der Waals surface area (Å²) in [6, 6.07) is 11.6. The molecule has 0 radical (unpaired) electrons. The number of alkyl halides is 3. The minimum Gasteiger partial charge on any atom is -0.493 e. The van der Waals surface area contributed by atoms with Gasteiger partial charge < -0.3 is 19.1 Å². The molecule has 0 spiro atoms. The van der Waals surface area contributed by atoms with Crippen LogP contribution in [0.2, 0.25) is 0 Å². The highest BCUT2D eigenvalue weighted by molar-refractivity contribution is 5.60. The van der Waals surface area contributed by atoms with Gasteiger partial charge in [-0.15, -0.1) is 0 Å². The summed E-state index contributed by atoms with van der Waals surface area (Å²) in [4.78, 5) is 4.00. The predicted molar refractivity (Wildman–Crippen MR) is 92.9 cm³/mol. The second kappa shape index (κ2) is 7.51. The van der Waals surface area contributed by atoms with Crippen LogP contribution in [0.5, 0.6) is 11.5 Å². The summed E-state index contributed by atoms with van der Waals surface area (Å²) >= 11 is 0. The minimum atomic E-state index is -4.94. The number of ether oxygens (including phenoxy) is 2. The standard InChI is InChI=1S/C19H17F3N2O4/c1-26-14-9-8-12(10-15(14)27-2)17-23-16(28-24-17)11-18(25,19(20,21)22)13-6-4-3-5-7-13/h3-10,25H,11H2,1-2H3/t18-/m0/s1. The van der Waals surface area contributed by atoms with E-state index in [1.54, 1.807) is 24.3 Å². The third-order valence-electron chi connectivity index (χ3n) is 4.24. The molecule has 0 saturated heterocycles. The molecule has 0 aliphatic carbocycles. The maximum atomic E-state index is 13.6. The van der Waals surface area contributed by atoms with E-state index in [9.17, 15) is 18.3 Å². The van der Waals surface area contributed by atoms with E-state index in [0.29, 0.717) is 17.1 Å². The monoisotopic (exact) mass is 394 g/mol. The molecule has 148 valence electrons. The van der Waals surface area contributed by atoms with Crippen LogP contribution in [0.3, 0.4) is 0 Å². The summed E-state index contributed by atoms with van der Waals surface area (Å²) in [5.41, 5.74) is -3.01. The van der Waals surface area contributed by atoms with Crippen molar-refractivity contribution in [2.75, 3.05) is 14.2 Å². The van der Waals surface area contributed by atoms with Crippen molar-refractivity contribution in [3.63, 3.8) is 0 Å². The van der Waals surface area contributed by atoms with Crippen molar-refractivity contribution in [2.45, 2.75) is 18.2 Å². The Hall–Kier alpha value is -3.07. The Morgan fingerprint density at radius 2 is 1.68 bits per heavy atom. The zero-order valence-electron chi connectivity index (χ0n) is 15.0. The van der Waals surface area contributed by atoms with Gasteiger partial charge in [-0.1, -0.05) is 35.5 Å². The van der Waals surface area contributed by atoms with Crippen LogP contribution in [0.1, 0.15) is 11.5 Å². The van der Waals surface area contributed by atoms with Crippen LogP contribution in [-0.2, 0) is 12.0 Å². The summed E-state index contributed by atoms with van der Waals surface area (Å²) in [6.07, 6.45) is -5.85. The van der Waals surface area contributed by atoms with Gasteiger partial charge in [0.25, 0.3) is 0 Å². The second-order valence-electron chi connectivity index (χ2n) is 5.98. The third-order valence-corrected chi connectivity index (χ3v) is 4.24. The van der Waals surface area contributed by atoms with Crippen LogP contribution >= 0.6 is 0 Å². The minimum absolute atomic E-state index is 0.0635. The first-order chi connectivity index (χ1) is 13.3. The molecule has 1 atom stereocenters. The van der Waals surface area contributed by atoms with Gasteiger partial charge in [0, 0.05) is 5.56 Å². The van der Waals surface area contributed by atoms with Crippen LogP contribution in [0.4, 0.5) is 13.2 Å². The smallest absolute Gasteiger partial charge is 0.421 e. The van der Waals surface area contributed by atoms with Crippen LogP contribution in [0.25, 0.3) is 11.4 Å². The highest BCUT2D eigenvalue weighted by Gasteiger charge is 2.55. The highest BCUT2D eigenvalue weighted by Crippen LogP contribution is 2.41. The van der Waals surface area contributed by atoms with Crippen molar-refractivity contribution >= 4 is 0 Å². The molecule has 1 aromatic heterocycles. The number of hydrogen-bond donors (Lipinski definition) is 1. The number of hydrogen-bond acceptors (Lipinski definition) is 6. The molecule has 0 aliphatic rings. The van der Waals surface area contributed by atoms with E-state index < -0.39 is 18.2 Å². The Kier molecular flexibility index (Phi) is 5.28. The number of aromatic nitrogens is 2. The van der Waals surface area contributed by atoms with Crippen molar-refractivity contribution < 1.29 is 32.3 Å². The lowest BCUT2D eigenvalue weighted by Gasteiger charge is -2.29. The Balaban J connectivity index is 1.93. The van der Waals surface area contributed by atoms with Gasteiger partial charge in [0.2, 0.25) is 11.7 Å². The summed E-state index contributed by atoms with van der Waals surface area (Å²) in [6.45, 7) is 0. The van der Waals surface area contributed by atoms with E-state index in [4.69, 9.17) is 14.0 Å². The van der Waals surface area contributed by atoms with Crippen LogP contribution in [0, 0.1) is 0 Å². The molecule has 9 heteroatoms. The van der Waals surface area contributed by atoms with E-state index in [1.165, 1.54) is 38.5 Å². The topological polar surface area (TPSA) is 77.6 Å². The number of aliphatic hydroxyl groups is 1. The maximum Gasteiger partial charge on any atom is 0.421 e. The van der Waals surface area contributed by atoms with Gasteiger partial charge in [-0.3, -0.25) is 0 Å². The average Bonchev–Trinajstić information content (AvgIpc) is 3.15. The van der Waals surface area contributed by atoms with Gasteiger partial charge in [-0.05, 0) is 23.8 Å². The van der Waals surface area contributed by atoms with E-state index in [-0.39, 0.29) is 17.3 Å². The molecule has 0 fully saturated rings. The summed E-state index contributed by atoms with van der Waals surface area (Å²) in [7, 11) is 2.93. The highest BCUT2D eigenvalue weighted by atomic mass is 19.4. The molecular weight excluding hydrogens is 377 g/mol. The molecule has 6 nitrogen and oxygen atoms in total. The Morgan fingerprint density at radius 3 is 2.29 bits per heavy atom. The van der Waals surface area contributed by atoms with E-state index in [0.717, 1.165) is 0 Å². The molecule has 0 aliphatic heterocycles. The lowest BCUT2D eigenvalue weighted by Crippen LogP contribution is -2.44. The average molecular weight is 394 g/mol. The maximum absolute atomic E-state index is 13.6. The van der Waals surface area contributed by atoms with Crippen molar-refractivity contribution in [1.82, 2.24) is 10.1 Å². The van der Waals surface area contributed by atoms with Crippen molar-refractivity contribution in [3.05, 3.63) is 60.0 Å². The van der Waals surface area contributed by atoms with E-state index in [2.05, 4.69) is 10.1 Å². The Morgan fingerprint density at radius 1 is 1.00 bits per heavy atom.